The van der Waals surface area contributed by atoms with Crippen LogP contribution >= 0.6 is 0 Å². The molecule has 0 saturated carbocycles. The fourth-order valence-corrected chi connectivity index (χ4v) is 4.76. The van der Waals surface area contributed by atoms with Gasteiger partial charge in [-0.05, 0) is 29.7 Å². The summed E-state index contributed by atoms with van der Waals surface area (Å²) in [5, 5.41) is 9.85. The van der Waals surface area contributed by atoms with Gasteiger partial charge in [-0.3, -0.25) is 9.80 Å². The van der Waals surface area contributed by atoms with E-state index < -0.39 is 39.1 Å². The molecule has 2 heterocycles. The lowest BCUT2D eigenvalue weighted by Gasteiger charge is -2.27. The molecule has 0 radical (unpaired) electrons. The molecule has 0 aromatic heterocycles. The molecule has 0 aliphatic carbocycles. The van der Waals surface area contributed by atoms with Gasteiger partial charge in [-0.25, -0.2) is 22.0 Å². The number of carbonyl (C=O) groups is 1. The number of benzene rings is 2. The normalized spacial score (nSPS) is 20.5. The Balaban J connectivity index is 1.49. The van der Waals surface area contributed by atoms with E-state index in [4.69, 9.17) is 4.74 Å². The van der Waals surface area contributed by atoms with Gasteiger partial charge >= 0.3 is 6.09 Å². The third kappa shape index (κ3) is 5.07. The van der Waals surface area contributed by atoms with E-state index in [1.165, 1.54) is 0 Å². The molecule has 0 bridgehead atoms. The van der Waals surface area contributed by atoms with Crippen molar-refractivity contribution in [1.29, 1.82) is 0 Å². The number of ether oxygens (including phenoxy) is 1. The number of sulfone groups is 1. The van der Waals surface area contributed by atoms with E-state index in [-0.39, 0.29) is 17.8 Å². The number of halogens is 2. The predicted molar refractivity (Wildman–Crippen MR) is 119 cm³/mol. The molecule has 10 heteroatoms. The fraction of sp³-hybridized carbons (Fsp3) is 0.348. The number of anilines is 1. The lowest BCUT2D eigenvalue weighted by molar-refractivity contribution is 0.0751. The van der Waals surface area contributed by atoms with Gasteiger partial charge in [0.15, 0.2) is 21.4 Å². The van der Waals surface area contributed by atoms with Gasteiger partial charge in [0.1, 0.15) is 11.6 Å². The Hall–Kier alpha value is -2.82. The molecule has 1 amide bonds. The zero-order valence-electron chi connectivity index (χ0n) is 17.9. The van der Waals surface area contributed by atoms with Crippen LogP contribution in [0.1, 0.15) is 17.5 Å². The van der Waals surface area contributed by atoms with Crippen molar-refractivity contribution in [2.45, 2.75) is 24.5 Å². The number of hydrogen-bond acceptors (Lipinski definition) is 6. The number of hydrogen-bond donors (Lipinski definition) is 1. The Labute approximate surface area is 190 Å². The molecule has 33 heavy (non-hydrogen) atoms. The maximum absolute atomic E-state index is 14.9. The summed E-state index contributed by atoms with van der Waals surface area (Å²) in [5.41, 5.74) is -0.461. The average molecular weight is 479 g/mol. The summed E-state index contributed by atoms with van der Waals surface area (Å²) in [6.45, 7) is 1.59. The van der Waals surface area contributed by atoms with Gasteiger partial charge in [0.2, 0.25) is 0 Å². The summed E-state index contributed by atoms with van der Waals surface area (Å²) < 4.78 is 57.9. The third-order valence-electron chi connectivity index (χ3n) is 5.79. The number of rotatable bonds is 6. The second-order valence-electron chi connectivity index (χ2n) is 8.24. The van der Waals surface area contributed by atoms with Gasteiger partial charge in [0, 0.05) is 31.5 Å². The van der Waals surface area contributed by atoms with Crippen LogP contribution in [0.25, 0.3) is 5.57 Å². The quantitative estimate of drug-likeness (QED) is 0.687. The van der Waals surface area contributed by atoms with Crippen LogP contribution in [-0.4, -0.2) is 61.9 Å². The average Bonchev–Trinajstić information content (AvgIpc) is 3.15. The molecule has 2 aromatic carbocycles. The fourth-order valence-electron chi connectivity index (χ4n) is 4.07. The Morgan fingerprint density at radius 1 is 1.18 bits per heavy atom. The number of aliphatic hydroxyl groups is 1. The predicted octanol–water partition coefficient (Wildman–Crippen LogP) is 2.94. The van der Waals surface area contributed by atoms with Crippen LogP contribution in [0.2, 0.25) is 0 Å². The standard InChI is InChI=1S/C23H24F2N2O5S/c1-33(30,31)22(28)20-14-27(23(29)32-20)17-11-18(24)21(19(25)12-17)16-7-9-26(10-8-16)13-15-5-3-2-4-6-15/h2-7,11-12,20,22,28H,8-10,13-14H2,1H3/t20-,22?/m1/s1. The summed E-state index contributed by atoms with van der Waals surface area (Å²) in [6.07, 6.45) is 0.740. The minimum absolute atomic E-state index is 0.107. The van der Waals surface area contributed by atoms with Crippen molar-refractivity contribution < 1.29 is 31.8 Å². The van der Waals surface area contributed by atoms with Crippen molar-refractivity contribution in [1.82, 2.24) is 4.90 Å². The first kappa shape index (κ1) is 23.3. The van der Waals surface area contributed by atoms with Crippen LogP contribution in [0.4, 0.5) is 19.3 Å². The molecular formula is C23H24F2N2O5S. The minimum atomic E-state index is -3.89. The van der Waals surface area contributed by atoms with Gasteiger partial charge < -0.3 is 9.84 Å². The van der Waals surface area contributed by atoms with Crippen molar-refractivity contribution in [3.63, 3.8) is 0 Å². The molecule has 176 valence electrons. The molecule has 1 saturated heterocycles. The minimum Gasteiger partial charge on any atom is -0.440 e. The van der Waals surface area contributed by atoms with Crippen LogP contribution in [0.15, 0.2) is 48.5 Å². The van der Waals surface area contributed by atoms with Crippen molar-refractivity contribution in [2.24, 2.45) is 0 Å². The monoisotopic (exact) mass is 478 g/mol. The van der Waals surface area contributed by atoms with E-state index in [1.807, 2.05) is 30.3 Å². The van der Waals surface area contributed by atoms with Crippen LogP contribution < -0.4 is 4.90 Å². The Kier molecular flexibility index (Phi) is 6.51. The van der Waals surface area contributed by atoms with Gasteiger partial charge in [0.05, 0.1) is 12.2 Å². The zero-order chi connectivity index (χ0) is 23.8. The summed E-state index contributed by atoms with van der Waals surface area (Å²) in [5.74, 6) is -1.65. The number of carbonyl (C=O) groups excluding carboxylic acids is 1. The molecule has 2 aliphatic rings. The summed E-state index contributed by atoms with van der Waals surface area (Å²) >= 11 is 0. The van der Waals surface area contributed by atoms with Crippen LogP contribution in [-0.2, 0) is 21.1 Å². The summed E-state index contributed by atoms with van der Waals surface area (Å²) in [4.78, 5) is 15.2. The first-order valence-electron chi connectivity index (χ1n) is 10.4. The highest BCUT2D eigenvalue weighted by molar-refractivity contribution is 7.91. The maximum Gasteiger partial charge on any atom is 0.414 e. The highest BCUT2D eigenvalue weighted by atomic mass is 32.2. The van der Waals surface area contributed by atoms with Crippen LogP contribution in [0.5, 0.6) is 0 Å². The first-order valence-corrected chi connectivity index (χ1v) is 12.4. The molecule has 2 atom stereocenters. The maximum atomic E-state index is 14.9. The molecule has 1 N–H and O–H groups in total. The zero-order valence-corrected chi connectivity index (χ0v) is 18.8. The Bertz CT molecular complexity index is 1160. The SMILES string of the molecule is CS(=O)(=O)C(O)[C@H]1CN(c2cc(F)c(C3=CCN(Cc4ccccc4)CC3)c(F)c2)C(=O)O1. The van der Waals surface area contributed by atoms with Gasteiger partial charge in [0.25, 0.3) is 0 Å². The number of amides is 1. The van der Waals surface area contributed by atoms with Gasteiger partial charge in [-0.15, -0.1) is 0 Å². The van der Waals surface area contributed by atoms with Crippen LogP contribution in [0.3, 0.4) is 0 Å². The third-order valence-corrected chi connectivity index (χ3v) is 6.97. The molecule has 1 fully saturated rings. The Morgan fingerprint density at radius 3 is 2.42 bits per heavy atom. The topological polar surface area (TPSA) is 87.2 Å². The molecule has 1 unspecified atom stereocenters. The highest BCUT2D eigenvalue weighted by Gasteiger charge is 2.41. The summed E-state index contributed by atoms with van der Waals surface area (Å²) in [6, 6.07) is 12.0. The smallest absolute Gasteiger partial charge is 0.414 e. The van der Waals surface area contributed by atoms with E-state index in [0.29, 0.717) is 25.1 Å². The molecule has 2 aromatic rings. The van der Waals surface area contributed by atoms with Crippen molar-refractivity contribution in [3.8, 4) is 0 Å². The second-order valence-corrected chi connectivity index (χ2v) is 10.4. The summed E-state index contributed by atoms with van der Waals surface area (Å²) in [7, 11) is -3.89. The van der Waals surface area contributed by atoms with E-state index >= 15 is 0 Å². The second kappa shape index (κ2) is 9.20. The molecule has 7 nitrogen and oxygen atoms in total. The van der Waals surface area contributed by atoms with Crippen LogP contribution in [0, 0.1) is 11.6 Å². The van der Waals surface area contributed by atoms with E-state index in [1.54, 1.807) is 6.08 Å². The van der Waals surface area contributed by atoms with Crippen molar-refractivity contribution in [2.75, 3.05) is 30.8 Å². The molecule has 2 aliphatic heterocycles. The molecule has 0 spiro atoms. The lowest BCUT2D eigenvalue weighted by atomic mass is 9.97. The van der Waals surface area contributed by atoms with E-state index in [9.17, 15) is 27.1 Å². The highest BCUT2D eigenvalue weighted by Crippen LogP contribution is 2.33. The van der Waals surface area contributed by atoms with Crippen molar-refractivity contribution in [3.05, 3.63) is 71.3 Å². The molecular weight excluding hydrogens is 454 g/mol. The van der Waals surface area contributed by atoms with E-state index in [0.717, 1.165) is 35.4 Å². The number of cyclic esters (lactones) is 1. The number of nitrogens with zero attached hydrogens (tertiary/aromatic N) is 2. The van der Waals surface area contributed by atoms with E-state index in [2.05, 4.69) is 4.90 Å². The van der Waals surface area contributed by atoms with Crippen molar-refractivity contribution >= 4 is 27.2 Å². The first-order chi connectivity index (χ1) is 15.6. The largest absolute Gasteiger partial charge is 0.440 e. The van der Waals surface area contributed by atoms with Gasteiger partial charge in [-0.1, -0.05) is 36.4 Å². The Morgan fingerprint density at radius 2 is 1.85 bits per heavy atom. The molecule has 4 rings (SSSR count). The van der Waals surface area contributed by atoms with Gasteiger partial charge in [-0.2, -0.15) is 0 Å². The lowest BCUT2D eigenvalue weighted by Crippen LogP contribution is -2.36. The number of aliphatic hydroxyl groups excluding tert-OH is 1.